The van der Waals surface area contributed by atoms with Crippen molar-refractivity contribution in [2.45, 2.75) is 9.50 Å². The number of rotatable bonds is 5. The fraction of sp³-hybridized carbons (Fsp3) is 0.118. The number of hydrogen-bond acceptors (Lipinski definition) is 7. The molecule has 126 valence electrons. The quantitative estimate of drug-likeness (QED) is 0.500. The summed E-state index contributed by atoms with van der Waals surface area (Å²) in [5, 5.41) is 13.7. The molecule has 4 aromatic rings. The molecule has 5 nitrogen and oxygen atoms in total. The van der Waals surface area contributed by atoms with E-state index in [0.29, 0.717) is 0 Å². The molecule has 0 radical (unpaired) electrons. The molecule has 0 aliphatic rings. The van der Waals surface area contributed by atoms with E-state index in [2.05, 4.69) is 60.4 Å². The van der Waals surface area contributed by atoms with Gasteiger partial charge in [-0.2, -0.15) is 0 Å². The number of thiazole rings is 1. The summed E-state index contributed by atoms with van der Waals surface area (Å²) in [7, 11) is 4.07. The van der Waals surface area contributed by atoms with E-state index in [0.717, 1.165) is 31.6 Å². The average molecular weight is 386 g/mol. The predicted octanol–water partition coefficient (Wildman–Crippen LogP) is 4.67. The van der Waals surface area contributed by atoms with Crippen molar-refractivity contribution in [1.29, 1.82) is 0 Å². The monoisotopic (exact) mass is 385 g/mol. The van der Waals surface area contributed by atoms with Gasteiger partial charge in [-0.05, 0) is 47.5 Å². The molecule has 0 saturated carbocycles. The summed E-state index contributed by atoms with van der Waals surface area (Å²) in [4.78, 5) is 7.53. The van der Waals surface area contributed by atoms with Gasteiger partial charge in [-0.25, -0.2) is 4.98 Å². The van der Waals surface area contributed by atoms with Crippen LogP contribution in [0.3, 0.4) is 0 Å². The lowest BCUT2D eigenvalue weighted by molar-refractivity contribution is 0.885. The smallest absolute Gasteiger partial charge is 0.203 e. The van der Waals surface area contributed by atoms with E-state index in [9.17, 15) is 0 Å². The Morgan fingerprint density at radius 2 is 1.84 bits per heavy atom. The van der Waals surface area contributed by atoms with Gasteiger partial charge in [0, 0.05) is 37.0 Å². The van der Waals surface area contributed by atoms with Crippen LogP contribution in [-0.2, 0) is 0 Å². The van der Waals surface area contributed by atoms with Crippen molar-refractivity contribution in [2.24, 2.45) is 0 Å². The molecule has 0 amide bonds. The van der Waals surface area contributed by atoms with Crippen molar-refractivity contribution in [2.75, 3.05) is 19.0 Å². The molecular weight excluding hydrogens is 370 g/mol. The van der Waals surface area contributed by atoms with Crippen molar-refractivity contribution in [3.8, 4) is 16.4 Å². The summed E-state index contributed by atoms with van der Waals surface area (Å²) in [6.45, 7) is 0. The van der Waals surface area contributed by atoms with Crippen molar-refractivity contribution < 1.29 is 0 Å². The zero-order valence-corrected chi connectivity index (χ0v) is 16.1. The van der Waals surface area contributed by atoms with Gasteiger partial charge in [0.05, 0.1) is 4.88 Å². The Morgan fingerprint density at radius 1 is 1.00 bits per heavy atom. The van der Waals surface area contributed by atoms with E-state index < -0.39 is 0 Å². The number of anilines is 1. The number of nitrogens with zero attached hydrogens (tertiary/aromatic N) is 5. The first-order chi connectivity index (χ1) is 12.2. The first-order valence-electron chi connectivity index (χ1n) is 7.57. The Bertz CT molecular complexity index is 941. The van der Waals surface area contributed by atoms with E-state index in [1.807, 2.05) is 25.5 Å². The van der Waals surface area contributed by atoms with Crippen molar-refractivity contribution in [3.63, 3.8) is 0 Å². The van der Waals surface area contributed by atoms with E-state index in [1.165, 1.54) is 11.8 Å². The largest absolute Gasteiger partial charge is 0.378 e. The Hall–Kier alpha value is -2.16. The van der Waals surface area contributed by atoms with Gasteiger partial charge in [-0.1, -0.05) is 6.07 Å². The summed E-state index contributed by atoms with van der Waals surface area (Å²) in [5.41, 5.74) is 2.20. The first kappa shape index (κ1) is 16.3. The Labute approximate surface area is 158 Å². The van der Waals surface area contributed by atoms with Crippen molar-refractivity contribution in [3.05, 3.63) is 53.4 Å². The number of hydrogen-bond donors (Lipinski definition) is 0. The van der Waals surface area contributed by atoms with Crippen LogP contribution in [0.4, 0.5) is 5.69 Å². The molecule has 0 aliphatic carbocycles. The van der Waals surface area contributed by atoms with Gasteiger partial charge >= 0.3 is 0 Å². The lowest BCUT2D eigenvalue weighted by atomic mass is 10.2. The van der Waals surface area contributed by atoms with Gasteiger partial charge in [0.2, 0.25) is 5.16 Å². The fourth-order valence-electron chi connectivity index (χ4n) is 2.37. The Kier molecular flexibility index (Phi) is 4.56. The number of thiophene rings is 1. The van der Waals surface area contributed by atoms with Gasteiger partial charge in [0.15, 0.2) is 10.2 Å². The minimum atomic E-state index is 0.816. The van der Waals surface area contributed by atoms with Crippen LogP contribution in [0.2, 0.25) is 0 Å². The van der Waals surface area contributed by atoms with Gasteiger partial charge in [0.25, 0.3) is 0 Å². The molecule has 25 heavy (non-hydrogen) atoms. The lowest BCUT2D eigenvalue weighted by Crippen LogP contribution is -2.08. The highest BCUT2D eigenvalue weighted by Crippen LogP contribution is 2.34. The average Bonchev–Trinajstić information content (AvgIpc) is 3.37. The standard InChI is InChI=1S/C17H15N5S3/c1-21(2)12-5-7-13(8-6-12)22-15(14-4-3-10-23-14)19-20-16(22)25-17-18-9-11-24-17/h3-11H,1-2H3. The van der Waals surface area contributed by atoms with E-state index in [-0.39, 0.29) is 0 Å². The second-order valence-electron chi connectivity index (χ2n) is 5.43. The molecule has 0 fully saturated rings. The number of aromatic nitrogens is 4. The second kappa shape index (κ2) is 6.99. The van der Waals surface area contributed by atoms with E-state index in [4.69, 9.17) is 0 Å². The van der Waals surface area contributed by atoms with Gasteiger partial charge in [-0.3, -0.25) is 4.57 Å². The molecule has 0 bridgehead atoms. The molecule has 0 N–H and O–H groups in total. The molecule has 0 saturated heterocycles. The molecule has 0 aliphatic heterocycles. The highest BCUT2D eigenvalue weighted by atomic mass is 32.2. The molecule has 0 unspecified atom stereocenters. The third kappa shape index (κ3) is 3.33. The maximum atomic E-state index is 4.44. The summed E-state index contributed by atoms with van der Waals surface area (Å²) < 4.78 is 3.05. The maximum absolute atomic E-state index is 4.44. The molecule has 3 aromatic heterocycles. The van der Waals surface area contributed by atoms with Crippen LogP contribution in [0, 0.1) is 0 Å². The molecule has 1 aromatic carbocycles. The Balaban J connectivity index is 1.81. The van der Waals surface area contributed by atoms with E-state index >= 15 is 0 Å². The van der Waals surface area contributed by atoms with Crippen LogP contribution < -0.4 is 4.90 Å². The fourth-order valence-corrected chi connectivity index (χ4v) is 4.65. The molecular formula is C17H15N5S3. The van der Waals surface area contributed by atoms with Crippen LogP contribution in [0.25, 0.3) is 16.4 Å². The molecule has 8 heteroatoms. The summed E-state index contributed by atoms with van der Waals surface area (Å²) in [6, 6.07) is 12.5. The molecule has 4 rings (SSSR count). The Morgan fingerprint density at radius 3 is 2.48 bits per heavy atom. The normalized spacial score (nSPS) is 11.0. The highest BCUT2D eigenvalue weighted by Gasteiger charge is 2.18. The van der Waals surface area contributed by atoms with Crippen LogP contribution in [0.5, 0.6) is 0 Å². The SMILES string of the molecule is CN(C)c1ccc(-n2c(Sc3nccs3)nnc2-c2cccs2)cc1. The third-order valence-electron chi connectivity index (χ3n) is 3.59. The van der Waals surface area contributed by atoms with Crippen molar-refractivity contribution >= 4 is 40.1 Å². The lowest BCUT2D eigenvalue weighted by Gasteiger charge is -2.14. The third-order valence-corrected chi connectivity index (χ3v) is 6.28. The van der Waals surface area contributed by atoms with Crippen LogP contribution >= 0.6 is 34.4 Å². The summed E-state index contributed by atoms with van der Waals surface area (Å²) >= 11 is 4.80. The van der Waals surface area contributed by atoms with Crippen LogP contribution in [-0.4, -0.2) is 33.8 Å². The van der Waals surface area contributed by atoms with Crippen LogP contribution in [0.15, 0.2) is 62.9 Å². The molecule has 0 atom stereocenters. The van der Waals surface area contributed by atoms with Crippen molar-refractivity contribution in [1.82, 2.24) is 19.7 Å². The number of benzene rings is 1. The zero-order chi connectivity index (χ0) is 17.2. The highest BCUT2D eigenvalue weighted by molar-refractivity contribution is 8.00. The minimum Gasteiger partial charge on any atom is -0.378 e. The maximum Gasteiger partial charge on any atom is 0.203 e. The topological polar surface area (TPSA) is 46.8 Å². The van der Waals surface area contributed by atoms with E-state index in [1.54, 1.807) is 28.9 Å². The first-order valence-corrected chi connectivity index (χ1v) is 10.1. The second-order valence-corrected chi connectivity index (χ2v) is 8.49. The molecule has 3 heterocycles. The summed E-state index contributed by atoms with van der Waals surface area (Å²) in [5.74, 6) is 0.853. The van der Waals surface area contributed by atoms with Crippen LogP contribution in [0.1, 0.15) is 0 Å². The van der Waals surface area contributed by atoms with Gasteiger partial charge in [-0.15, -0.1) is 32.9 Å². The summed E-state index contributed by atoms with van der Waals surface area (Å²) in [6.07, 6.45) is 1.81. The predicted molar refractivity (Wildman–Crippen MR) is 105 cm³/mol. The zero-order valence-electron chi connectivity index (χ0n) is 13.7. The molecule has 0 spiro atoms. The van der Waals surface area contributed by atoms with Gasteiger partial charge in [0.1, 0.15) is 0 Å². The van der Waals surface area contributed by atoms with Gasteiger partial charge < -0.3 is 4.90 Å². The minimum absolute atomic E-state index is 0.816.